The van der Waals surface area contributed by atoms with E-state index in [0.717, 1.165) is 24.0 Å². The maximum atomic E-state index is 5.96. The van der Waals surface area contributed by atoms with Gasteiger partial charge in [-0.3, -0.25) is 0 Å². The summed E-state index contributed by atoms with van der Waals surface area (Å²) in [6.07, 6.45) is 1.90. The highest BCUT2D eigenvalue weighted by Crippen LogP contribution is 2.24. The quantitative estimate of drug-likeness (QED) is 0.730. The number of nitrogens with two attached hydrogens (primary N) is 1. The van der Waals surface area contributed by atoms with Gasteiger partial charge in [0.25, 0.3) is 0 Å². The lowest BCUT2D eigenvalue weighted by molar-refractivity contribution is 0.951. The minimum atomic E-state index is 0.874. The maximum Gasteiger partial charge on any atom is 0.0941 e. The Kier molecular flexibility index (Phi) is 3.22. The molecule has 19 heavy (non-hydrogen) atoms. The standard InChI is InChI=1S/C16H16N2S/c1-11-6-8-14-15(10-11)19-16(18-14)9-7-12-4-2-3-5-13(12)17/h2-6,8,10H,7,9,17H2,1H3. The van der Waals surface area contributed by atoms with E-state index in [9.17, 15) is 0 Å². The molecule has 0 aliphatic carbocycles. The van der Waals surface area contributed by atoms with Gasteiger partial charge in [-0.1, -0.05) is 24.3 Å². The van der Waals surface area contributed by atoms with E-state index in [0.29, 0.717) is 0 Å². The zero-order valence-corrected chi connectivity index (χ0v) is 11.7. The van der Waals surface area contributed by atoms with E-state index in [1.54, 1.807) is 11.3 Å². The minimum absolute atomic E-state index is 0.874. The van der Waals surface area contributed by atoms with Crippen molar-refractivity contribution in [3.63, 3.8) is 0 Å². The van der Waals surface area contributed by atoms with E-state index in [-0.39, 0.29) is 0 Å². The molecular formula is C16H16N2S. The first-order valence-electron chi connectivity index (χ1n) is 6.42. The fourth-order valence-corrected chi connectivity index (χ4v) is 3.25. The topological polar surface area (TPSA) is 38.9 Å². The second-order valence-corrected chi connectivity index (χ2v) is 5.89. The Morgan fingerprint density at radius 3 is 2.79 bits per heavy atom. The van der Waals surface area contributed by atoms with Crippen LogP contribution in [0.2, 0.25) is 0 Å². The summed E-state index contributed by atoms with van der Waals surface area (Å²) in [4.78, 5) is 4.68. The molecule has 96 valence electrons. The van der Waals surface area contributed by atoms with Crippen molar-refractivity contribution in [2.75, 3.05) is 5.73 Å². The van der Waals surface area contributed by atoms with Crippen LogP contribution in [0.1, 0.15) is 16.1 Å². The second-order valence-electron chi connectivity index (χ2n) is 4.78. The molecule has 1 aromatic heterocycles. The van der Waals surface area contributed by atoms with Crippen LogP contribution >= 0.6 is 11.3 Å². The summed E-state index contributed by atoms with van der Waals surface area (Å²) < 4.78 is 1.27. The first-order chi connectivity index (χ1) is 9.22. The largest absolute Gasteiger partial charge is 0.399 e. The molecule has 3 rings (SSSR count). The lowest BCUT2D eigenvalue weighted by atomic mass is 10.1. The molecule has 2 aromatic carbocycles. The number of aryl methyl sites for hydroxylation is 3. The Morgan fingerprint density at radius 2 is 1.95 bits per heavy atom. The zero-order chi connectivity index (χ0) is 13.2. The van der Waals surface area contributed by atoms with Gasteiger partial charge in [-0.15, -0.1) is 11.3 Å². The Bertz CT molecular complexity index is 716. The van der Waals surface area contributed by atoms with Crippen molar-refractivity contribution < 1.29 is 0 Å². The van der Waals surface area contributed by atoms with Crippen LogP contribution in [0.3, 0.4) is 0 Å². The van der Waals surface area contributed by atoms with E-state index in [2.05, 4.69) is 36.2 Å². The van der Waals surface area contributed by atoms with Crippen molar-refractivity contribution in [2.45, 2.75) is 19.8 Å². The van der Waals surface area contributed by atoms with E-state index in [4.69, 9.17) is 5.73 Å². The van der Waals surface area contributed by atoms with Gasteiger partial charge in [0.1, 0.15) is 0 Å². The fourth-order valence-electron chi connectivity index (χ4n) is 2.19. The summed E-state index contributed by atoms with van der Waals surface area (Å²) in [6, 6.07) is 14.5. The van der Waals surface area contributed by atoms with Gasteiger partial charge in [0.05, 0.1) is 15.2 Å². The highest BCUT2D eigenvalue weighted by molar-refractivity contribution is 7.18. The van der Waals surface area contributed by atoms with Crippen LogP contribution in [-0.4, -0.2) is 4.98 Å². The summed E-state index contributed by atoms with van der Waals surface area (Å²) in [5, 5.41) is 1.18. The molecule has 0 unspecified atom stereocenters. The number of thiazole rings is 1. The molecule has 0 saturated carbocycles. The van der Waals surface area contributed by atoms with Gasteiger partial charge in [0.2, 0.25) is 0 Å². The number of anilines is 1. The van der Waals surface area contributed by atoms with Crippen molar-refractivity contribution in [1.29, 1.82) is 0 Å². The highest BCUT2D eigenvalue weighted by atomic mass is 32.1. The normalized spacial score (nSPS) is 11.0. The first-order valence-corrected chi connectivity index (χ1v) is 7.23. The highest BCUT2D eigenvalue weighted by Gasteiger charge is 2.05. The van der Waals surface area contributed by atoms with Crippen LogP contribution < -0.4 is 5.73 Å². The van der Waals surface area contributed by atoms with Gasteiger partial charge < -0.3 is 5.73 Å². The monoisotopic (exact) mass is 268 g/mol. The Labute approximate surface area is 116 Å². The van der Waals surface area contributed by atoms with Crippen molar-refractivity contribution in [3.05, 3.63) is 58.6 Å². The van der Waals surface area contributed by atoms with Gasteiger partial charge in [0.15, 0.2) is 0 Å². The molecule has 0 bridgehead atoms. The molecule has 0 amide bonds. The van der Waals surface area contributed by atoms with E-state index < -0.39 is 0 Å². The molecule has 1 heterocycles. The number of fused-ring (bicyclic) bond motifs is 1. The smallest absolute Gasteiger partial charge is 0.0941 e. The van der Waals surface area contributed by atoms with Gasteiger partial charge >= 0.3 is 0 Å². The molecular weight excluding hydrogens is 252 g/mol. The van der Waals surface area contributed by atoms with Crippen molar-refractivity contribution in [1.82, 2.24) is 4.98 Å². The van der Waals surface area contributed by atoms with Crippen LogP contribution in [0, 0.1) is 6.92 Å². The predicted octanol–water partition coefficient (Wildman–Crippen LogP) is 3.97. The molecule has 0 fully saturated rings. The zero-order valence-electron chi connectivity index (χ0n) is 10.9. The van der Waals surface area contributed by atoms with E-state index >= 15 is 0 Å². The van der Waals surface area contributed by atoms with Crippen LogP contribution in [0.4, 0.5) is 5.69 Å². The second kappa shape index (κ2) is 5.02. The van der Waals surface area contributed by atoms with Crippen molar-refractivity contribution >= 4 is 27.2 Å². The third-order valence-electron chi connectivity index (χ3n) is 3.25. The summed E-state index contributed by atoms with van der Waals surface area (Å²) in [7, 11) is 0. The number of hydrogen-bond acceptors (Lipinski definition) is 3. The van der Waals surface area contributed by atoms with Crippen LogP contribution in [0.25, 0.3) is 10.2 Å². The minimum Gasteiger partial charge on any atom is -0.399 e. The molecule has 3 aromatic rings. The number of benzene rings is 2. The van der Waals surface area contributed by atoms with E-state index in [1.165, 1.54) is 20.8 Å². The van der Waals surface area contributed by atoms with Crippen molar-refractivity contribution in [3.8, 4) is 0 Å². The van der Waals surface area contributed by atoms with E-state index in [1.807, 2.05) is 18.2 Å². The van der Waals surface area contributed by atoms with Crippen LogP contribution in [-0.2, 0) is 12.8 Å². The SMILES string of the molecule is Cc1ccc2nc(CCc3ccccc3N)sc2c1. The van der Waals surface area contributed by atoms with Gasteiger partial charge in [-0.25, -0.2) is 4.98 Å². The van der Waals surface area contributed by atoms with Crippen LogP contribution in [0.15, 0.2) is 42.5 Å². The third-order valence-corrected chi connectivity index (χ3v) is 4.33. The summed E-state index contributed by atoms with van der Waals surface area (Å²) in [5.74, 6) is 0. The molecule has 0 spiro atoms. The van der Waals surface area contributed by atoms with Gasteiger partial charge in [0, 0.05) is 12.1 Å². The molecule has 0 saturated heterocycles. The molecule has 0 aliphatic heterocycles. The van der Waals surface area contributed by atoms with Gasteiger partial charge in [-0.2, -0.15) is 0 Å². The molecule has 0 radical (unpaired) electrons. The number of nitrogen functional groups attached to an aromatic ring is 1. The summed E-state index contributed by atoms with van der Waals surface area (Å²) in [6.45, 7) is 2.11. The number of para-hydroxylation sites is 1. The van der Waals surface area contributed by atoms with Gasteiger partial charge in [-0.05, 0) is 42.7 Å². The Balaban J connectivity index is 1.80. The molecule has 2 nitrogen and oxygen atoms in total. The number of rotatable bonds is 3. The summed E-state index contributed by atoms with van der Waals surface area (Å²) >= 11 is 1.78. The molecule has 0 atom stereocenters. The number of nitrogens with zero attached hydrogens (tertiary/aromatic N) is 1. The Hall–Kier alpha value is -1.87. The average molecular weight is 268 g/mol. The lowest BCUT2D eigenvalue weighted by Crippen LogP contribution is -1.96. The Morgan fingerprint density at radius 1 is 1.11 bits per heavy atom. The average Bonchev–Trinajstić information content (AvgIpc) is 2.79. The fraction of sp³-hybridized carbons (Fsp3) is 0.188. The van der Waals surface area contributed by atoms with Crippen molar-refractivity contribution in [2.24, 2.45) is 0 Å². The predicted molar refractivity (Wildman–Crippen MR) is 82.6 cm³/mol. The first kappa shape index (κ1) is 12.2. The summed E-state index contributed by atoms with van der Waals surface area (Å²) in [5.41, 5.74) is 10.4. The number of hydrogen-bond donors (Lipinski definition) is 1. The molecule has 0 aliphatic rings. The molecule has 3 heteroatoms. The third kappa shape index (κ3) is 2.61. The maximum absolute atomic E-state index is 5.96. The number of aromatic nitrogens is 1. The molecule has 2 N–H and O–H groups in total. The lowest BCUT2D eigenvalue weighted by Gasteiger charge is -2.02. The van der Waals surface area contributed by atoms with Crippen LogP contribution in [0.5, 0.6) is 0 Å².